The van der Waals surface area contributed by atoms with E-state index < -0.39 is 51.1 Å². The van der Waals surface area contributed by atoms with Crippen LogP contribution in [0.15, 0.2) is 0 Å². The minimum atomic E-state index is -2.92. The third-order valence-corrected chi connectivity index (χ3v) is 43.3. The summed E-state index contributed by atoms with van der Waals surface area (Å²) in [5, 5.41) is 0. The van der Waals surface area contributed by atoms with E-state index in [9.17, 15) is 4.79 Å². The molecule has 0 aromatic carbocycles. The lowest BCUT2D eigenvalue weighted by atomic mass is 10.6. The number of carbonyl (C=O) groups is 1. The van der Waals surface area contributed by atoms with E-state index >= 15 is 0 Å². The van der Waals surface area contributed by atoms with Crippen molar-refractivity contribution in [1.82, 2.24) is 0 Å². The van der Waals surface area contributed by atoms with Gasteiger partial charge >= 0.3 is 42.8 Å². The Hall–Kier alpha value is 0.571. The summed E-state index contributed by atoms with van der Waals surface area (Å²) >= 11 is 0. The summed E-state index contributed by atoms with van der Waals surface area (Å²) in [7, 11) is -16.3. The van der Waals surface area contributed by atoms with Crippen molar-refractivity contribution in [3.05, 3.63) is 0 Å². The first kappa shape index (κ1) is 54.6. The summed E-state index contributed by atoms with van der Waals surface area (Å²) < 4.78 is 46.3. The molecule has 0 rings (SSSR count). The summed E-state index contributed by atoms with van der Waals surface area (Å²) in [6, 6.07) is 13.1. The van der Waals surface area contributed by atoms with Gasteiger partial charge in [0, 0.05) is 19.0 Å². The predicted molar refractivity (Wildman–Crippen MR) is 248 cm³/mol. The van der Waals surface area contributed by atoms with E-state index in [-0.39, 0.29) is 5.97 Å². The van der Waals surface area contributed by atoms with Gasteiger partial charge in [-0.15, -0.1) is 0 Å². The second kappa shape index (κ2) is 28.9. The maximum absolute atomic E-state index is 12.8. The van der Waals surface area contributed by atoms with Crippen molar-refractivity contribution in [3.8, 4) is 0 Å². The Balaban J connectivity index is 7.89. The van der Waals surface area contributed by atoms with Crippen LogP contribution in [0, 0.1) is 0 Å². The van der Waals surface area contributed by atoms with Crippen LogP contribution in [-0.2, 0) is 29.8 Å². The maximum Gasteiger partial charge on any atom is 0.392 e. The Morgan fingerprint density at radius 2 is 0.481 bits per heavy atom. The molecule has 0 spiro atoms. The second-order valence-electron chi connectivity index (χ2n) is 16.6. The van der Waals surface area contributed by atoms with Crippen LogP contribution in [0.3, 0.4) is 0 Å². The van der Waals surface area contributed by atoms with Gasteiger partial charge in [-0.2, -0.15) is 0 Å². The first-order valence-electron chi connectivity index (χ1n) is 23.4. The Labute approximate surface area is 344 Å². The van der Waals surface area contributed by atoms with Gasteiger partial charge in [0.05, 0.1) is 0 Å². The molecule has 0 amide bonds. The number of hydrogen-bond acceptors (Lipinski definition) is 7. The molecule has 0 fully saturated rings. The van der Waals surface area contributed by atoms with Crippen LogP contribution in [0.5, 0.6) is 0 Å². The zero-order valence-corrected chi connectivity index (χ0v) is 44.7. The van der Waals surface area contributed by atoms with E-state index in [0.29, 0.717) is 0 Å². The quantitative estimate of drug-likeness (QED) is 0.0576. The largest absolute Gasteiger partial charge is 0.495 e. The Kier molecular flexibility index (Phi) is 29.2. The molecule has 0 bridgehead atoms. The Morgan fingerprint density at radius 3 is 0.685 bits per heavy atom. The van der Waals surface area contributed by atoms with E-state index in [4.69, 9.17) is 25.0 Å². The Morgan fingerprint density at radius 1 is 0.296 bits per heavy atom. The zero-order valence-electron chi connectivity index (χ0n) is 38.7. The van der Waals surface area contributed by atoms with Crippen molar-refractivity contribution in [1.29, 1.82) is 0 Å². The first-order chi connectivity index (χ1) is 25.7. The predicted octanol–water partition coefficient (Wildman–Crippen LogP) is 15.1. The minimum Gasteiger partial charge on any atom is -0.495 e. The molecule has 0 heterocycles. The van der Waals surface area contributed by atoms with Crippen LogP contribution in [0.25, 0.3) is 0 Å². The SMILES string of the molecule is CCC[Si](CCC)(CCC)O[Si](CCC)(CCC)O[Si](CCC)(CCC)O[Si](CCC)(CCC)O[Si](CCC)(CCC)O[Si](CCC)(CCC)OC(C)=O. The normalized spacial score (nSPS) is 13.5. The van der Waals surface area contributed by atoms with Crippen LogP contribution >= 0.6 is 0 Å². The van der Waals surface area contributed by atoms with E-state index in [1.165, 1.54) is 37.4 Å². The van der Waals surface area contributed by atoms with Crippen molar-refractivity contribution in [2.75, 3.05) is 0 Å². The highest BCUT2D eigenvalue weighted by atomic mass is 28.5. The molecular weight excluding hydrogens is 773 g/mol. The van der Waals surface area contributed by atoms with Crippen LogP contribution in [0.1, 0.15) is 180 Å². The highest BCUT2D eigenvalue weighted by molar-refractivity contribution is 6.93. The molecule has 0 atom stereocenters. The summed E-state index contributed by atoms with van der Waals surface area (Å²) in [6.07, 6.45) is 13.7. The first-order valence-corrected chi connectivity index (χ1v) is 37.1. The number of rotatable bonds is 37. The third-order valence-electron chi connectivity index (χ3n) is 10.6. The van der Waals surface area contributed by atoms with Crippen LogP contribution in [0.2, 0.25) is 78.6 Å². The van der Waals surface area contributed by atoms with Gasteiger partial charge in [0.2, 0.25) is 0 Å². The molecule has 0 aromatic rings. The lowest BCUT2D eigenvalue weighted by molar-refractivity contribution is -0.133. The van der Waals surface area contributed by atoms with Gasteiger partial charge in [0.15, 0.2) is 8.32 Å². The fourth-order valence-corrected chi connectivity index (χ4v) is 47.5. The topological polar surface area (TPSA) is 72.5 Å². The summed E-state index contributed by atoms with van der Waals surface area (Å²) in [4.78, 5) is 12.8. The molecule has 54 heavy (non-hydrogen) atoms. The minimum absolute atomic E-state index is 0.214. The highest BCUT2D eigenvalue weighted by Crippen LogP contribution is 2.44. The smallest absolute Gasteiger partial charge is 0.392 e. The van der Waals surface area contributed by atoms with Gasteiger partial charge in [-0.25, -0.2) is 0 Å². The molecular formula is C41H94O7Si6. The van der Waals surface area contributed by atoms with Gasteiger partial charge in [-0.05, 0) is 66.5 Å². The van der Waals surface area contributed by atoms with Gasteiger partial charge in [0.1, 0.15) is 0 Å². The molecule has 324 valence electrons. The van der Waals surface area contributed by atoms with E-state index in [1.54, 1.807) is 6.92 Å². The molecule has 0 radical (unpaired) electrons. The molecule has 0 aliphatic rings. The van der Waals surface area contributed by atoms with Crippen molar-refractivity contribution in [2.24, 2.45) is 0 Å². The highest BCUT2D eigenvalue weighted by Gasteiger charge is 2.58. The maximum atomic E-state index is 12.8. The zero-order chi connectivity index (χ0) is 41.2. The molecule has 7 nitrogen and oxygen atoms in total. The van der Waals surface area contributed by atoms with Crippen LogP contribution in [-0.4, -0.2) is 57.1 Å². The third kappa shape index (κ3) is 18.2. The summed E-state index contributed by atoms with van der Waals surface area (Å²) in [5.41, 5.74) is 0. The molecule has 0 aliphatic carbocycles. The fourth-order valence-electron chi connectivity index (χ4n) is 9.47. The van der Waals surface area contributed by atoms with Gasteiger partial charge < -0.3 is 25.0 Å². The van der Waals surface area contributed by atoms with Crippen molar-refractivity contribution < 1.29 is 29.8 Å². The van der Waals surface area contributed by atoms with Crippen molar-refractivity contribution in [3.63, 3.8) is 0 Å². The lowest BCUT2D eigenvalue weighted by Crippen LogP contribution is -2.66. The monoisotopic (exact) mass is 867 g/mol. The van der Waals surface area contributed by atoms with Gasteiger partial charge in [-0.1, -0.05) is 173 Å². The Bertz CT molecular complexity index is 912. The molecule has 0 N–H and O–H groups in total. The number of carbonyl (C=O) groups excluding carboxylic acids is 1. The average Bonchev–Trinajstić information content (AvgIpc) is 3.06. The van der Waals surface area contributed by atoms with Crippen molar-refractivity contribution in [2.45, 2.75) is 259 Å². The molecule has 13 heteroatoms. The number of hydrogen-bond donors (Lipinski definition) is 0. The van der Waals surface area contributed by atoms with E-state index in [1.807, 2.05) is 0 Å². The second-order valence-corrected chi connectivity index (χ2v) is 38.8. The standard InChI is InChI=1S/C41H94O7Si6/c1-15-28-49(29-16-2,30-17-3)44-51(33-20-6,34-21-7)46-53(37-24-10,38-25-11)48-54(39-26-12,40-27-13)47-52(35-22-8,36-23-9)45-50(31-18-4,32-19-5)43-41(14)42/h15-40H2,1-14H3. The summed E-state index contributed by atoms with van der Waals surface area (Å²) in [6.45, 7) is 31.5. The fraction of sp³-hybridized carbons (Fsp3) is 0.976. The average molecular weight is 868 g/mol. The molecule has 0 aliphatic heterocycles. The molecule has 0 saturated heterocycles. The molecule has 0 unspecified atom stereocenters. The van der Waals surface area contributed by atoms with Crippen LogP contribution in [0.4, 0.5) is 0 Å². The van der Waals surface area contributed by atoms with Crippen molar-refractivity contribution >= 4 is 57.1 Å². The summed E-state index contributed by atoms with van der Waals surface area (Å²) in [5.74, 6) is -0.214. The van der Waals surface area contributed by atoms with Gasteiger partial charge in [0.25, 0.3) is 5.97 Å². The van der Waals surface area contributed by atoms with Crippen LogP contribution < -0.4 is 0 Å². The molecule has 0 aromatic heterocycles. The van der Waals surface area contributed by atoms with Gasteiger partial charge in [-0.3, -0.25) is 4.79 Å². The molecule has 0 saturated carbocycles. The van der Waals surface area contributed by atoms with E-state index in [2.05, 4.69) is 90.0 Å². The van der Waals surface area contributed by atoms with E-state index in [0.717, 1.165) is 125 Å². The lowest BCUT2D eigenvalue weighted by Gasteiger charge is -2.51.